The monoisotopic (exact) mass is 432 g/mol. The van der Waals surface area contributed by atoms with Crippen molar-refractivity contribution in [3.05, 3.63) is 40.1 Å². The zero-order valence-electron chi connectivity index (χ0n) is 17.5. The first-order valence-electron chi connectivity index (χ1n) is 9.98. The summed E-state index contributed by atoms with van der Waals surface area (Å²) in [6.45, 7) is 2.13. The summed E-state index contributed by atoms with van der Waals surface area (Å²) in [5.41, 5.74) is 0.208. The summed E-state index contributed by atoms with van der Waals surface area (Å²) in [6, 6.07) is 8.92. The first kappa shape index (κ1) is 22.1. The summed E-state index contributed by atoms with van der Waals surface area (Å²) in [7, 11) is 3.02. The van der Waals surface area contributed by atoms with Crippen LogP contribution in [0, 0.1) is 0 Å². The van der Waals surface area contributed by atoms with E-state index >= 15 is 0 Å². The Bertz CT molecular complexity index is 903. The minimum atomic E-state index is -0.748. The lowest BCUT2D eigenvalue weighted by atomic mass is 9.84. The standard InChI is InChI=1S/C22H28N2O5S/c1-14(25)18-8-9-19(30-18)22(10-4-5-11-22)13-23-20(26)21(27)24-16-7-6-15(28-2)12-17(16)29-3/h6-9,12,14,25H,4-5,10-11,13H2,1-3H3,(H,23,26)(H,24,27). The van der Waals surface area contributed by atoms with Crippen molar-refractivity contribution >= 4 is 28.8 Å². The molecule has 2 amide bonds. The average molecular weight is 433 g/mol. The van der Waals surface area contributed by atoms with E-state index in [4.69, 9.17) is 9.47 Å². The average Bonchev–Trinajstić information content (AvgIpc) is 3.42. The third kappa shape index (κ3) is 4.76. The number of benzene rings is 1. The summed E-state index contributed by atoms with van der Waals surface area (Å²) >= 11 is 1.58. The number of thiophene rings is 1. The minimum Gasteiger partial charge on any atom is -0.497 e. The van der Waals surface area contributed by atoms with E-state index in [0.29, 0.717) is 23.7 Å². The van der Waals surface area contributed by atoms with Crippen LogP contribution >= 0.6 is 11.3 Å². The van der Waals surface area contributed by atoms with Crippen molar-refractivity contribution in [1.82, 2.24) is 5.32 Å². The predicted octanol–water partition coefficient (Wildman–Crippen LogP) is 3.39. The number of methoxy groups -OCH3 is 2. The molecule has 0 spiro atoms. The normalized spacial score (nSPS) is 16.0. The van der Waals surface area contributed by atoms with E-state index < -0.39 is 17.9 Å². The van der Waals surface area contributed by atoms with Gasteiger partial charge in [-0.1, -0.05) is 12.8 Å². The number of hydrogen-bond donors (Lipinski definition) is 3. The van der Waals surface area contributed by atoms with Gasteiger partial charge in [-0.2, -0.15) is 0 Å². The van der Waals surface area contributed by atoms with Crippen LogP contribution in [0.5, 0.6) is 11.5 Å². The number of aliphatic hydroxyl groups excluding tert-OH is 1. The molecule has 0 bridgehead atoms. The van der Waals surface area contributed by atoms with Crippen LogP contribution in [0.15, 0.2) is 30.3 Å². The zero-order valence-corrected chi connectivity index (χ0v) is 18.3. The molecule has 3 N–H and O–H groups in total. The molecule has 0 saturated heterocycles. The third-order valence-corrected chi connectivity index (χ3v) is 7.07. The van der Waals surface area contributed by atoms with Crippen molar-refractivity contribution in [1.29, 1.82) is 0 Å². The molecular formula is C22H28N2O5S. The Hall–Kier alpha value is -2.58. The van der Waals surface area contributed by atoms with Gasteiger partial charge in [0.1, 0.15) is 11.5 Å². The number of rotatable bonds is 7. The van der Waals surface area contributed by atoms with Crippen molar-refractivity contribution in [3.8, 4) is 11.5 Å². The Balaban J connectivity index is 1.66. The molecule has 1 saturated carbocycles. The molecular weight excluding hydrogens is 404 g/mol. The van der Waals surface area contributed by atoms with E-state index in [0.717, 1.165) is 35.4 Å². The van der Waals surface area contributed by atoms with Gasteiger partial charge in [-0.3, -0.25) is 9.59 Å². The van der Waals surface area contributed by atoms with E-state index in [1.54, 1.807) is 36.5 Å². The van der Waals surface area contributed by atoms with Crippen LogP contribution in [0.1, 0.15) is 48.5 Å². The molecule has 1 aromatic carbocycles. The van der Waals surface area contributed by atoms with E-state index in [1.165, 1.54) is 14.2 Å². The Kier molecular flexibility index (Phi) is 6.99. The fourth-order valence-corrected chi connectivity index (χ4v) is 5.02. The highest BCUT2D eigenvalue weighted by Gasteiger charge is 2.38. The van der Waals surface area contributed by atoms with Crippen LogP contribution in [0.25, 0.3) is 0 Å². The van der Waals surface area contributed by atoms with Gasteiger partial charge < -0.3 is 25.2 Å². The van der Waals surface area contributed by atoms with Crippen molar-refractivity contribution in [2.24, 2.45) is 0 Å². The van der Waals surface area contributed by atoms with Gasteiger partial charge in [0.2, 0.25) is 0 Å². The molecule has 8 heteroatoms. The number of nitrogens with one attached hydrogen (secondary N) is 2. The third-order valence-electron chi connectivity index (χ3n) is 5.57. The summed E-state index contributed by atoms with van der Waals surface area (Å²) in [6.07, 6.45) is 3.53. The Morgan fingerprint density at radius 1 is 1.13 bits per heavy atom. The fourth-order valence-electron chi connectivity index (χ4n) is 3.84. The molecule has 1 heterocycles. The molecule has 1 atom stereocenters. The molecule has 3 rings (SSSR count). The maximum absolute atomic E-state index is 12.5. The van der Waals surface area contributed by atoms with Crippen LogP contribution in [-0.2, 0) is 15.0 Å². The lowest BCUT2D eigenvalue weighted by molar-refractivity contribution is -0.136. The van der Waals surface area contributed by atoms with E-state index in [-0.39, 0.29) is 5.41 Å². The lowest BCUT2D eigenvalue weighted by Gasteiger charge is -2.28. The summed E-state index contributed by atoms with van der Waals surface area (Å²) in [5, 5.41) is 15.2. The van der Waals surface area contributed by atoms with Crippen LogP contribution in [-0.4, -0.2) is 37.7 Å². The van der Waals surface area contributed by atoms with E-state index in [9.17, 15) is 14.7 Å². The molecule has 1 unspecified atom stereocenters. The topological polar surface area (TPSA) is 96.9 Å². The van der Waals surface area contributed by atoms with Gasteiger partial charge >= 0.3 is 11.8 Å². The Labute approximate surface area is 180 Å². The molecule has 30 heavy (non-hydrogen) atoms. The number of anilines is 1. The first-order chi connectivity index (χ1) is 14.4. The predicted molar refractivity (Wildman–Crippen MR) is 116 cm³/mol. The van der Waals surface area contributed by atoms with Crippen LogP contribution < -0.4 is 20.1 Å². The maximum Gasteiger partial charge on any atom is 0.313 e. The van der Waals surface area contributed by atoms with Crippen molar-refractivity contribution in [3.63, 3.8) is 0 Å². The molecule has 162 valence electrons. The molecule has 1 fully saturated rings. The van der Waals surface area contributed by atoms with E-state index in [2.05, 4.69) is 10.6 Å². The SMILES string of the molecule is COc1ccc(NC(=O)C(=O)NCC2(c3ccc(C(C)O)s3)CCCC2)c(OC)c1. The molecule has 1 aromatic heterocycles. The zero-order chi connectivity index (χ0) is 21.7. The summed E-state index contributed by atoms with van der Waals surface area (Å²) in [4.78, 5) is 27.0. The van der Waals surface area contributed by atoms with Crippen LogP contribution in [0.2, 0.25) is 0 Å². The first-order valence-corrected chi connectivity index (χ1v) is 10.8. The van der Waals surface area contributed by atoms with Crippen LogP contribution in [0.3, 0.4) is 0 Å². The second kappa shape index (κ2) is 9.49. The highest BCUT2D eigenvalue weighted by atomic mass is 32.1. The molecule has 2 aromatic rings. The maximum atomic E-state index is 12.5. The molecule has 0 radical (unpaired) electrons. The van der Waals surface area contributed by atoms with Crippen LogP contribution in [0.4, 0.5) is 5.69 Å². The summed E-state index contributed by atoms with van der Waals surface area (Å²) < 4.78 is 10.4. The quantitative estimate of drug-likeness (QED) is 0.583. The smallest absolute Gasteiger partial charge is 0.313 e. The second-order valence-electron chi connectivity index (χ2n) is 7.57. The number of ether oxygens (including phenoxy) is 2. The van der Waals surface area contributed by atoms with Gasteiger partial charge in [-0.15, -0.1) is 11.3 Å². The Morgan fingerprint density at radius 3 is 2.47 bits per heavy atom. The number of hydrogen-bond acceptors (Lipinski definition) is 6. The van der Waals surface area contributed by atoms with Crippen molar-refractivity contribution in [2.45, 2.75) is 44.1 Å². The molecule has 1 aliphatic rings. The Morgan fingerprint density at radius 2 is 1.87 bits per heavy atom. The van der Waals surface area contributed by atoms with Gasteiger partial charge in [0, 0.05) is 27.8 Å². The van der Waals surface area contributed by atoms with Gasteiger partial charge in [0.15, 0.2) is 0 Å². The van der Waals surface area contributed by atoms with Gasteiger partial charge in [0.25, 0.3) is 0 Å². The lowest BCUT2D eigenvalue weighted by Crippen LogP contribution is -2.43. The molecule has 1 aliphatic carbocycles. The number of aliphatic hydroxyl groups is 1. The highest BCUT2D eigenvalue weighted by molar-refractivity contribution is 7.12. The van der Waals surface area contributed by atoms with Crippen molar-refractivity contribution in [2.75, 3.05) is 26.1 Å². The second-order valence-corrected chi connectivity index (χ2v) is 8.68. The fraction of sp³-hybridized carbons (Fsp3) is 0.455. The van der Waals surface area contributed by atoms with Crippen molar-refractivity contribution < 1.29 is 24.2 Å². The number of amides is 2. The number of carbonyl (C=O) groups is 2. The highest BCUT2D eigenvalue weighted by Crippen LogP contribution is 2.44. The van der Waals surface area contributed by atoms with Gasteiger partial charge in [-0.05, 0) is 44.0 Å². The van der Waals surface area contributed by atoms with E-state index in [1.807, 2.05) is 12.1 Å². The molecule has 7 nitrogen and oxygen atoms in total. The molecule has 0 aliphatic heterocycles. The van der Waals surface area contributed by atoms with Gasteiger partial charge in [-0.25, -0.2) is 0 Å². The minimum absolute atomic E-state index is 0.189. The van der Waals surface area contributed by atoms with Gasteiger partial charge in [0.05, 0.1) is 26.0 Å². The summed E-state index contributed by atoms with van der Waals surface area (Å²) in [5.74, 6) is -0.439. The largest absolute Gasteiger partial charge is 0.497 e. The number of carbonyl (C=O) groups excluding carboxylic acids is 2.